The van der Waals surface area contributed by atoms with Crippen LogP contribution in [0.15, 0.2) is 0 Å². The zero-order valence-corrected chi connectivity index (χ0v) is 14.4. The van der Waals surface area contributed by atoms with Crippen molar-refractivity contribution in [2.75, 3.05) is 0 Å². The average molecular weight is 303 g/mol. The maximum Gasteiger partial charge on any atom is 0.227 e. The van der Waals surface area contributed by atoms with E-state index in [2.05, 4.69) is 23.8 Å². The summed E-state index contributed by atoms with van der Waals surface area (Å²) in [5, 5.41) is 4.45. The predicted octanol–water partition coefficient (Wildman–Crippen LogP) is 3.15. The molecular weight excluding hydrogens is 274 g/mol. The molecule has 2 fully saturated rings. The lowest BCUT2D eigenvalue weighted by molar-refractivity contribution is -0.134. The first-order valence-corrected chi connectivity index (χ1v) is 8.77. The molecule has 3 rings (SSSR count). The second-order valence-electron chi connectivity index (χ2n) is 7.40. The van der Waals surface area contributed by atoms with Gasteiger partial charge in [0.15, 0.2) is 0 Å². The van der Waals surface area contributed by atoms with Gasteiger partial charge in [0, 0.05) is 30.4 Å². The quantitative estimate of drug-likeness (QED) is 0.857. The van der Waals surface area contributed by atoms with Crippen LogP contribution in [0.5, 0.6) is 0 Å². The SMILES string of the molecule is Cc1nn(C)c(C)c1CC(=O)N(C1CCC(C)CC1)C1CC1. The van der Waals surface area contributed by atoms with Crippen molar-refractivity contribution in [2.45, 2.75) is 77.8 Å². The topological polar surface area (TPSA) is 38.1 Å². The number of aromatic nitrogens is 2. The van der Waals surface area contributed by atoms with E-state index in [4.69, 9.17) is 0 Å². The van der Waals surface area contributed by atoms with Crippen LogP contribution in [0.25, 0.3) is 0 Å². The molecule has 2 aliphatic carbocycles. The van der Waals surface area contributed by atoms with Crippen LogP contribution in [0.1, 0.15) is 62.4 Å². The molecule has 0 radical (unpaired) electrons. The Bertz CT molecular complexity index is 551. The summed E-state index contributed by atoms with van der Waals surface area (Å²) in [5.74, 6) is 1.15. The minimum absolute atomic E-state index is 0.321. The van der Waals surface area contributed by atoms with Gasteiger partial charge in [0.25, 0.3) is 0 Å². The van der Waals surface area contributed by atoms with Gasteiger partial charge in [-0.05, 0) is 58.3 Å². The van der Waals surface area contributed by atoms with E-state index in [-0.39, 0.29) is 0 Å². The fourth-order valence-electron chi connectivity index (χ4n) is 3.89. The van der Waals surface area contributed by atoms with Crippen LogP contribution in [0, 0.1) is 19.8 Å². The third-order valence-electron chi connectivity index (χ3n) is 5.59. The number of carbonyl (C=O) groups is 1. The largest absolute Gasteiger partial charge is 0.336 e. The van der Waals surface area contributed by atoms with Crippen LogP contribution in [-0.2, 0) is 18.3 Å². The van der Waals surface area contributed by atoms with E-state index in [9.17, 15) is 4.79 Å². The molecule has 4 heteroatoms. The fraction of sp³-hybridized carbons (Fsp3) is 0.778. The highest BCUT2D eigenvalue weighted by molar-refractivity contribution is 5.80. The number of amides is 1. The van der Waals surface area contributed by atoms with Gasteiger partial charge >= 0.3 is 0 Å². The van der Waals surface area contributed by atoms with Crippen molar-refractivity contribution in [3.63, 3.8) is 0 Å². The third kappa shape index (κ3) is 3.06. The van der Waals surface area contributed by atoms with E-state index in [1.165, 1.54) is 38.5 Å². The maximum absolute atomic E-state index is 13.0. The van der Waals surface area contributed by atoms with Crippen LogP contribution in [0.2, 0.25) is 0 Å². The Morgan fingerprint density at radius 2 is 1.68 bits per heavy atom. The number of rotatable bonds is 4. The van der Waals surface area contributed by atoms with Crippen molar-refractivity contribution in [1.82, 2.24) is 14.7 Å². The molecule has 1 heterocycles. The summed E-state index contributed by atoms with van der Waals surface area (Å²) in [4.78, 5) is 15.2. The first-order valence-electron chi connectivity index (χ1n) is 8.77. The minimum atomic E-state index is 0.321. The number of carbonyl (C=O) groups excluding carboxylic acids is 1. The maximum atomic E-state index is 13.0. The van der Waals surface area contributed by atoms with Crippen molar-refractivity contribution < 1.29 is 4.79 Å². The molecule has 0 aromatic carbocycles. The molecule has 0 saturated heterocycles. The Hall–Kier alpha value is -1.32. The third-order valence-corrected chi connectivity index (χ3v) is 5.59. The molecule has 1 aromatic rings. The lowest BCUT2D eigenvalue weighted by atomic mass is 9.86. The standard InChI is InChI=1S/C18H29N3O/c1-12-5-7-15(8-6-12)21(16-9-10-16)18(22)11-17-13(2)19-20(4)14(17)3/h12,15-16H,5-11H2,1-4H3. The van der Waals surface area contributed by atoms with E-state index in [1.807, 2.05) is 18.7 Å². The first kappa shape index (κ1) is 15.6. The van der Waals surface area contributed by atoms with E-state index in [0.29, 0.717) is 24.4 Å². The molecule has 0 N–H and O–H groups in total. The highest BCUT2D eigenvalue weighted by Gasteiger charge is 2.38. The number of hydrogen-bond acceptors (Lipinski definition) is 2. The van der Waals surface area contributed by atoms with Crippen LogP contribution in [-0.4, -0.2) is 32.7 Å². The number of hydrogen-bond donors (Lipinski definition) is 0. The summed E-state index contributed by atoms with van der Waals surface area (Å²) < 4.78 is 1.89. The van der Waals surface area contributed by atoms with Gasteiger partial charge in [-0.1, -0.05) is 6.92 Å². The van der Waals surface area contributed by atoms with Crippen molar-refractivity contribution >= 4 is 5.91 Å². The van der Waals surface area contributed by atoms with Crippen molar-refractivity contribution in [1.29, 1.82) is 0 Å². The summed E-state index contributed by atoms with van der Waals surface area (Å²) in [6.07, 6.45) is 7.83. The number of aryl methyl sites for hydroxylation is 2. The normalized spacial score (nSPS) is 25.3. The van der Waals surface area contributed by atoms with Crippen molar-refractivity contribution in [3.8, 4) is 0 Å². The Morgan fingerprint density at radius 3 is 2.14 bits per heavy atom. The van der Waals surface area contributed by atoms with Gasteiger partial charge in [-0.2, -0.15) is 5.10 Å². The summed E-state index contributed by atoms with van der Waals surface area (Å²) in [6, 6.07) is 0.997. The van der Waals surface area contributed by atoms with Crippen LogP contribution >= 0.6 is 0 Å². The highest BCUT2D eigenvalue weighted by atomic mass is 16.2. The molecule has 1 amide bonds. The van der Waals surface area contributed by atoms with E-state index in [0.717, 1.165) is 22.9 Å². The van der Waals surface area contributed by atoms with Gasteiger partial charge in [-0.15, -0.1) is 0 Å². The summed E-state index contributed by atoms with van der Waals surface area (Å²) >= 11 is 0. The summed E-state index contributed by atoms with van der Waals surface area (Å²) in [5.41, 5.74) is 3.25. The smallest absolute Gasteiger partial charge is 0.227 e. The van der Waals surface area contributed by atoms with Gasteiger partial charge in [0.1, 0.15) is 0 Å². The lowest BCUT2D eigenvalue weighted by Gasteiger charge is -2.36. The molecule has 0 unspecified atom stereocenters. The molecular formula is C18H29N3O. The summed E-state index contributed by atoms with van der Waals surface area (Å²) in [6.45, 7) is 6.41. The molecule has 0 aliphatic heterocycles. The van der Waals surface area contributed by atoms with Gasteiger partial charge in [0.05, 0.1) is 12.1 Å². The lowest BCUT2D eigenvalue weighted by Crippen LogP contribution is -2.44. The van der Waals surface area contributed by atoms with Gasteiger partial charge in [-0.25, -0.2) is 0 Å². The van der Waals surface area contributed by atoms with Crippen LogP contribution in [0.4, 0.5) is 0 Å². The van der Waals surface area contributed by atoms with Gasteiger partial charge in [0.2, 0.25) is 5.91 Å². The molecule has 2 saturated carbocycles. The molecule has 4 nitrogen and oxygen atoms in total. The Morgan fingerprint density at radius 1 is 1.14 bits per heavy atom. The first-order chi connectivity index (χ1) is 10.5. The highest BCUT2D eigenvalue weighted by Crippen LogP contribution is 2.35. The molecule has 22 heavy (non-hydrogen) atoms. The Labute approximate surface area is 133 Å². The molecule has 0 spiro atoms. The summed E-state index contributed by atoms with van der Waals surface area (Å²) in [7, 11) is 1.96. The van der Waals surface area contributed by atoms with Crippen molar-refractivity contribution in [3.05, 3.63) is 17.0 Å². The van der Waals surface area contributed by atoms with Gasteiger partial charge in [-0.3, -0.25) is 9.48 Å². The minimum Gasteiger partial charge on any atom is -0.336 e. The average Bonchev–Trinajstić information content (AvgIpc) is 3.27. The molecule has 2 aliphatic rings. The number of nitrogens with zero attached hydrogens (tertiary/aromatic N) is 3. The monoisotopic (exact) mass is 303 g/mol. The zero-order chi connectivity index (χ0) is 15.9. The van der Waals surface area contributed by atoms with E-state index in [1.54, 1.807) is 0 Å². The Kier molecular flexibility index (Phi) is 4.28. The Balaban J connectivity index is 1.73. The van der Waals surface area contributed by atoms with Crippen molar-refractivity contribution in [2.24, 2.45) is 13.0 Å². The second-order valence-corrected chi connectivity index (χ2v) is 7.40. The zero-order valence-electron chi connectivity index (χ0n) is 14.4. The molecule has 122 valence electrons. The fourth-order valence-corrected chi connectivity index (χ4v) is 3.89. The molecule has 1 aromatic heterocycles. The van der Waals surface area contributed by atoms with E-state index < -0.39 is 0 Å². The molecule has 0 bridgehead atoms. The molecule has 0 atom stereocenters. The van der Waals surface area contributed by atoms with Crippen LogP contribution in [0.3, 0.4) is 0 Å². The predicted molar refractivity (Wildman–Crippen MR) is 87.7 cm³/mol. The van der Waals surface area contributed by atoms with Gasteiger partial charge < -0.3 is 4.90 Å². The second kappa shape index (κ2) is 6.05. The van der Waals surface area contributed by atoms with E-state index >= 15 is 0 Å². The van der Waals surface area contributed by atoms with Crippen LogP contribution < -0.4 is 0 Å².